The lowest BCUT2D eigenvalue weighted by Gasteiger charge is -2.12. The standard InChI is InChI=1S/C26H25ClN2O3/c1-14-6-7-19(26-29-22-10-15(2)16(3)11-23(22)32-26)12-21(14)28-24(30)13-31-20-8-17(4)25(27)18(5)9-20/h6-12H,13H2,1-5H3,(H,28,30). The molecule has 1 aromatic heterocycles. The van der Waals surface area contributed by atoms with Crippen molar-refractivity contribution >= 4 is 34.3 Å². The van der Waals surface area contributed by atoms with Crippen LogP contribution in [0.3, 0.4) is 0 Å². The normalized spacial score (nSPS) is 11.1. The molecule has 164 valence electrons. The van der Waals surface area contributed by atoms with Crippen molar-refractivity contribution in [2.45, 2.75) is 34.6 Å². The Morgan fingerprint density at radius 2 is 1.62 bits per heavy atom. The summed E-state index contributed by atoms with van der Waals surface area (Å²) in [6.07, 6.45) is 0. The Kier molecular flexibility index (Phi) is 5.94. The summed E-state index contributed by atoms with van der Waals surface area (Å²) < 4.78 is 11.6. The number of anilines is 1. The van der Waals surface area contributed by atoms with Crippen molar-refractivity contribution in [2.75, 3.05) is 11.9 Å². The Morgan fingerprint density at radius 3 is 2.34 bits per heavy atom. The predicted octanol–water partition coefficient (Wildman–Crippen LogP) is 6.71. The van der Waals surface area contributed by atoms with Crippen LogP contribution in [-0.2, 0) is 4.79 Å². The number of halogens is 1. The summed E-state index contributed by atoms with van der Waals surface area (Å²) in [5.74, 6) is 0.880. The number of aromatic nitrogens is 1. The van der Waals surface area contributed by atoms with Gasteiger partial charge in [0.25, 0.3) is 5.91 Å². The Bertz CT molecular complexity index is 1280. The number of oxazole rings is 1. The van der Waals surface area contributed by atoms with Gasteiger partial charge in [-0.25, -0.2) is 4.98 Å². The second-order valence-corrected chi connectivity index (χ2v) is 8.54. The van der Waals surface area contributed by atoms with Crippen molar-refractivity contribution in [1.82, 2.24) is 4.98 Å². The topological polar surface area (TPSA) is 64.4 Å². The molecule has 0 saturated heterocycles. The molecule has 1 N–H and O–H groups in total. The first-order chi connectivity index (χ1) is 15.2. The highest BCUT2D eigenvalue weighted by Crippen LogP contribution is 2.29. The monoisotopic (exact) mass is 448 g/mol. The maximum atomic E-state index is 12.5. The fraction of sp³-hybridized carbons (Fsp3) is 0.231. The van der Waals surface area contributed by atoms with Crippen molar-refractivity contribution in [3.05, 3.63) is 75.3 Å². The van der Waals surface area contributed by atoms with Gasteiger partial charge in [-0.2, -0.15) is 0 Å². The molecule has 0 aliphatic carbocycles. The van der Waals surface area contributed by atoms with Gasteiger partial charge in [0, 0.05) is 16.3 Å². The van der Waals surface area contributed by atoms with Crippen LogP contribution in [0.25, 0.3) is 22.6 Å². The van der Waals surface area contributed by atoms with Crippen LogP contribution in [0, 0.1) is 34.6 Å². The molecule has 32 heavy (non-hydrogen) atoms. The highest BCUT2D eigenvalue weighted by molar-refractivity contribution is 6.32. The lowest BCUT2D eigenvalue weighted by molar-refractivity contribution is -0.118. The van der Waals surface area contributed by atoms with Crippen LogP contribution < -0.4 is 10.1 Å². The van der Waals surface area contributed by atoms with Crippen molar-refractivity contribution in [2.24, 2.45) is 0 Å². The lowest BCUT2D eigenvalue weighted by atomic mass is 10.1. The zero-order chi connectivity index (χ0) is 23.0. The molecule has 1 heterocycles. The Morgan fingerprint density at radius 1 is 0.938 bits per heavy atom. The summed E-state index contributed by atoms with van der Waals surface area (Å²) >= 11 is 6.20. The number of hydrogen-bond acceptors (Lipinski definition) is 4. The Balaban J connectivity index is 1.51. The van der Waals surface area contributed by atoms with E-state index in [0.717, 1.165) is 38.9 Å². The predicted molar refractivity (Wildman–Crippen MR) is 129 cm³/mol. The quantitative estimate of drug-likeness (QED) is 0.368. The van der Waals surface area contributed by atoms with Crippen LogP contribution in [0.15, 0.2) is 46.9 Å². The number of rotatable bonds is 5. The molecular weight excluding hydrogens is 424 g/mol. The number of aryl methyl sites for hydroxylation is 5. The second-order valence-electron chi connectivity index (χ2n) is 8.16. The molecule has 0 bridgehead atoms. The van der Waals surface area contributed by atoms with E-state index in [1.165, 1.54) is 5.56 Å². The molecule has 0 aliphatic rings. The van der Waals surface area contributed by atoms with Gasteiger partial charge in [-0.1, -0.05) is 17.7 Å². The first-order valence-corrected chi connectivity index (χ1v) is 10.8. The van der Waals surface area contributed by atoms with E-state index in [0.29, 0.717) is 22.4 Å². The SMILES string of the molecule is Cc1cc2nc(-c3ccc(C)c(NC(=O)COc4cc(C)c(Cl)c(C)c4)c3)oc2cc1C. The third-order valence-electron chi connectivity index (χ3n) is 5.54. The molecule has 0 spiro atoms. The third-order valence-corrected chi connectivity index (χ3v) is 6.14. The van der Waals surface area contributed by atoms with E-state index < -0.39 is 0 Å². The first-order valence-electron chi connectivity index (χ1n) is 10.4. The molecule has 0 radical (unpaired) electrons. The summed E-state index contributed by atoms with van der Waals surface area (Å²) in [5.41, 5.74) is 8.12. The third kappa shape index (κ3) is 4.48. The number of nitrogens with one attached hydrogen (secondary N) is 1. The highest BCUT2D eigenvalue weighted by atomic mass is 35.5. The minimum absolute atomic E-state index is 0.106. The molecule has 0 aliphatic heterocycles. The highest BCUT2D eigenvalue weighted by Gasteiger charge is 2.13. The summed E-state index contributed by atoms with van der Waals surface area (Å²) in [6.45, 7) is 9.75. The van der Waals surface area contributed by atoms with E-state index >= 15 is 0 Å². The molecule has 0 atom stereocenters. The van der Waals surface area contributed by atoms with Crippen LogP contribution in [0.1, 0.15) is 27.8 Å². The van der Waals surface area contributed by atoms with E-state index in [9.17, 15) is 4.79 Å². The average Bonchev–Trinajstić information content (AvgIpc) is 3.15. The van der Waals surface area contributed by atoms with Gasteiger partial charge in [0.05, 0.1) is 0 Å². The molecule has 4 rings (SSSR count). The van der Waals surface area contributed by atoms with Crippen molar-refractivity contribution in [1.29, 1.82) is 0 Å². The maximum Gasteiger partial charge on any atom is 0.262 e. The minimum atomic E-state index is -0.251. The lowest BCUT2D eigenvalue weighted by Crippen LogP contribution is -2.20. The van der Waals surface area contributed by atoms with Gasteiger partial charge in [0.15, 0.2) is 12.2 Å². The Labute approximate surface area is 192 Å². The average molecular weight is 449 g/mol. The van der Waals surface area contributed by atoms with Gasteiger partial charge in [-0.15, -0.1) is 0 Å². The molecule has 3 aromatic carbocycles. The fourth-order valence-corrected chi connectivity index (χ4v) is 3.63. The van der Waals surface area contributed by atoms with Crippen molar-refractivity contribution in [3.63, 3.8) is 0 Å². The summed E-state index contributed by atoms with van der Waals surface area (Å²) in [7, 11) is 0. The van der Waals surface area contributed by atoms with Gasteiger partial charge in [-0.05, 0) is 98.8 Å². The van der Waals surface area contributed by atoms with Gasteiger partial charge >= 0.3 is 0 Å². The largest absolute Gasteiger partial charge is 0.484 e. The zero-order valence-electron chi connectivity index (χ0n) is 18.8. The smallest absolute Gasteiger partial charge is 0.262 e. The van der Waals surface area contributed by atoms with Gasteiger partial charge in [-0.3, -0.25) is 4.79 Å². The van der Waals surface area contributed by atoms with Crippen LogP contribution in [0.5, 0.6) is 5.75 Å². The zero-order valence-corrected chi connectivity index (χ0v) is 19.6. The molecule has 0 saturated carbocycles. The fourth-order valence-electron chi connectivity index (χ4n) is 3.52. The number of fused-ring (bicyclic) bond motifs is 1. The molecular formula is C26H25ClN2O3. The number of ether oxygens (including phenoxy) is 1. The van der Waals surface area contributed by atoms with Crippen LogP contribution in [0.4, 0.5) is 5.69 Å². The summed E-state index contributed by atoms with van der Waals surface area (Å²) in [5, 5.41) is 3.63. The summed E-state index contributed by atoms with van der Waals surface area (Å²) in [6, 6.07) is 13.4. The Hall–Kier alpha value is -3.31. The van der Waals surface area contributed by atoms with E-state index in [1.807, 2.05) is 70.2 Å². The van der Waals surface area contributed by atoms with E-state index in [1.54, 1.807) is 0 Å². The van der Waals surface area contributed by atoms with Gasteiger partial charge in [0.2, 0.25) is 5.89 Å². The molecule has 6 heteroatoms. The number of benzene rings is 3. The van der Waals surface area contributed by atoms with Crippen LogP contribution in [0.2, 0.25) is 5.02 Å². The van der Waals surface area contributed by atoms with E-state index in [4.69, 9.17) is 20.8 Å². The number of hydrogen-bond donors (Lipinski definition) is 1. The van der Waals surface area contributed by atoms with Crippen LogP contribution >= 0.6 is 11.6 Å². The number of amides is 1. The van der Waals surface area contributed by atoms with E-state index in [-0.39, 0.29) is 12.5 Å². The first kappa shape index (κ1) is 21.9. The van der Waals surface area contributed by atoms with Crippen molar-refractivity contribution in [3.8, 4) is 17.2 Å². The van der Waals surface area contributed by atoms with E-state index in [2.05, 4.69) is 17.2 Å². The van der Waals surface area contributed by atoms with Crippen molar-refractivity contribution < 1.29 is 13.9 Å². The molecule has 5 nitrogen and oxygen atoms in total. The molecule has 4 aromatic rings. The maximum absolute atomic E-state index is 12.5. The number of nitrogens with zero attached hydrogens (tertiary/aromatic N) is 1. The van der Waals surface area contributed by atoms with Gasteiger partial charge in [0.1, 0.15) is 11.3 Å². The number of carbonyl (C=O) groups is 1. The van der Waals surface area contributed by atoms with Gasteiger partial charge < -0.3 is 14.5 Å². The second kappa shape index (κ2) is 8.67. The number of carbonyl (C=O) groups excluding carboxylic acids is 1. The van der Waals surface area contributed by atoms with Crippen LogP contribution in [-0.4, -0.2) is 17.5 Å². The molecule has 0 fully saturated rings. The minimum Gasteiger partial charge on any atom is -0.484 e. The molecule has 1 amide bonds. The molecule has 0 unspecified atom stereocenters. The summed E-state index contributed by atoms with van der Waals surface area (Å²) in [4.78, 5) is 17.2.